The van der Waals surface area contributed by atoms with Crippen molar-refractivity contribution in [2.45, 2.75) is 6.18 Å². The van der Waals surface area contributed by atoms with Gasteiger partial charge in [-0.05, 0) is 6.07 Å². The van der Waals surface area contributed by atoms with Gasteiger partial charge in [0.25, 0.3) is 0 Å². The van der Waals surface area contributed by atoms with Crippen molar-refractivity contribution in [2.75, 3.05) is 0 Å². The molecule has 0 spiro atoms. The second kappa shape index (κ2) is 6.72. The van der Waals surface area contributed by atoms with Crippen molar-refractivity contribution in [2.24, 2.45) is 5.73 Å². The molecule has 0 radical (unpaired) electrons. The average molecular weight is 376 g/mol. The summed E-state index contributed by atoms with van der Waals surface area (Å²) in [5, 5.41) is -1.16. The molecule has 26 heavy (non-hydrogen) atoms. The van der Waals surface area contributed by atoms with E-state index in [0.717, 1.165) is 0 Å². The van der Waals surface area contributed by atoms with Crippen LogP contribution in [0.1, 0.15) is 31.4 Å². The lowest BCUT2D eigenvalue weighted by molar-refractivity contribution is -0.137. The van der Waals surface area contributed by atoms with Crippen LogP contribution >= 0.6 is 11.3 Å². The van der Waals surface area contributed by atoms with Crippen molar-refractivity contribution in [3.05, 3.63) is 76.4 Å². The lowest BCUT2D eigenvalue weighted by Crippen LogP contribution is -2.12. The third-order valence-corrected chi connectivity index (χ3v) is 4.69. The van der Waals surface area contributed by atoms with Crippen LogP contribution in [0.3, 0.4) is 0 Å². The fourth-order valence-electron chi connectivity index (χ4n) is 2.40. The molecule has 0 saturated carbocycles. The molecule has 132 valence electrons. The highest BCUT2D eigenvalue weighted by molar-refractivity contribution is 7.15. The molecule has 3 rings (SSSR count). The summed E-state index contributed by atoms with van der Waals surface area (Å²) in [4.78, 5) is 27.9. The van der Waals surface area contributed by atoms with Crippen molar-refractivity contribution in [1.29, 1.82) is 0 Å². The topological polar surface area (TPSA) is 73.1 Å². The van der Waals surface area contributed by atoms with Gasteiger partial charge in [0.1, 0.15) is 5.69 Å². The summed E-state index contributed by atoms with van der Waals surface area (Å²) < 4.78 is 39.5. The van der Waals surface area contributed by atoms with Gasteiger partial charge in [0.2, 0.25) is 11.7 Å². The first-order valence-corrected chi connectivity index (χ1v) is 8.17. The number of nitrogens with two attached hydrogens (primary N) is 1. The molecule has 0 aliphatic carbocycles. The highest BCUT2D eigenvalue weighted by Gasteiger charge is 2.37. The van der Waals surface area contributed by atoms with Gasteiger partial charge < -0.3 is 5.73 Å². The Hall–Kier alpha value is -3.00. The van der Waals surface area contributed by atoms with Crippen LogP contribution in [0, 0.1) is 0 Å². The summed E-state index contributed by atoms with van der Waals surface area (Å²) in [6, 6.07) is 13.8. The first-order valence-electron chi connectivity index (χ1n) is 7.36. The number of thiazole rings is 1. The number of alkyl halides is 3. The summed E-state index contributed by atoms with van der Waals surface area (Å²) in [5.74, 6) is -1.47. The van der Waals surface area contributed by atoms with Crippen LogP contribution in [-0.2, 0) is 6.18 Å². The van der Waals surface area contributed by atoms with E-state index in [9.17, 15) is 22.8 Å². The lowest BCUT2D eigenvalue weighted by Gasteiger charge is -2.06. The molecular formula is C18H11F3N2O2S. The minimum Gasteiger partial charge on any atom is -0.366 e. The molecule has 0 bridgehead atoms. The molecule has 0 fully saturated rings. The zero-order valence-electron chi connectivity index (χ0n) is 13.1. The molecule has 4 nitrogen and oxygen atoms in total. The van der Waals surface area contributed by atoms with E-state index in [1.54, 1.807) is 24.3 Å². The van der Waals surface area contributed by atoms with E-state index in [0.29, 0.717) is 11.3 Å². The summed E-state index contributed by atoms with van der Waals surface area (Å²) in [6.45, 7) is 0. The molecule has 1 aromatic heterocycles. The zero-order chi connectivity index (χ0) is 18.9. The van der Waals surface area contributed by atoms with Crippen LogP contribution < -0.4 is 5.73 Å². The van der Waals surface area contributed by atoms with Gasteiger partial charge in [0, 0.05) is 16.7 Å². The number of benzene rings is 2. The van der Waals surface area contributed by atoms with Gasteiger partial charge in [0.05, 0.1) is 4.88 Å². The number of hydrogen-bond donors (Lipinski definition) is 1. The Kier molecular flexibility index (Phi) is 4.60. The number of hydrogen-bond acceptors (Lipinski definition) is 4. The lowest BCUT2D eigenvalue weighted by atomic mass is 10.0. The van der Waals surface area contributed by atoms with Crippen LogP contribution in [-0.4, -0.2) is 16.7 Å². The predicted molar refractivity (Wildman–Crippen MR) is 90.9 cm³/mol. The number of halogens is 3. The number of nitrogens with zero attached hydrogens (tertiary/aromatic N) is 1. The number of primary amides is 1. The second-order valence-electron chi connectivity index (χ2n) is 5.30. The summed E-state index contributed by atoms with van der Waals surface area (Å²) in [6.07, 6.45) is -4.71. The molecule has 3 aromatic rings. The van der Waals surface area contributed by atoms with E-state index in [2.05, 4.69) is 4.98 Å². The van der Waals surface area contributed by atoms with E-state index in [1.807, 2.05) is 0 Å². The number of carbonyl (C=O) groups excluding carboxylic acids is 2. The Bertz CT molecular complexity index is 982. The highest BCUT2D eigenvalue weighted by atomic mass is 32.1. The smallest absolute Gasteiger partial charge is 0.366 e. The highest BCUT2D eigenvalue weighted by Crippen LogP contribution is 2.40. The standard InChI is InChI=1S/C18H11F3N2O2S/c19-18(20,21)17-23-13(14(24)10-6-2-1-3-7-10)15(26-17)11-8-4-5-9-12(11)16(22)25/h1-9H,(H2,22,25). The van der Waals surface area contributed by atoms with Crippen molar-refractivity contribution in [3.8, 4) is 10.4 Å². The maximum absolute atomic E-state index is 13.2. The molecule has 1 amide bonds. The quantitative estimate of drug-likeness (QED) is 0.695. The van der Waals surface area contributed by atoms with Gasteiger partial charge in [-0.15, -0.1) is 11.3 Å². The van der Waals surface area contributed by atoms with E-state index in [4.69, 9.17) is 5.73 Å². The van der Waals surface area contributed by atoms with Crippen molar-refractivity contribution >= 4 is 23.0 Å². The number of amides is 1. The molecular weight excluding hydrogens is 365 g/mol. The molecule has 0 aliphatic rings. The normalized spacial score (nSPS) is 11.3. The molecule has 0 unspecified atom stereocenters. The van der Waals surface area contributed by atoms with Crippen LogP contribution in [0.5, 0.6) is 0 Å². The largest absolute Gasteiger partial charge is 0.443 e. The van der Waals surface area contributed by atoms with Crippen LogP contribution in [0.2, 0.25) is 0 Å². The fraction of sp³-hybridized carbons (Fsp3) is 0.0556. The number of ketones is 1. The molecule has 1 heterocycles. The Morgan fingerprint density at radius 3 is 2.19 bits per heavy atom. The third-order valence-electron chi connectivity index (χ3n) is 3.56. The van der Waals surface area contributed by atoms with Crippen molar-refractivity contribution in [1.82, 2.24) is 4.98 Å². The average Bonchev–Trinajstić information content (AvgIpc) is 3.07. The Labute approximate surface area is 150 Å². The molecule has 0 aliphatic heterocycles. The van der Waals surface area contributed by atoms with E-state index in [-0.39, 0.29) is 27.3 Å². The minimum absolute atomic E-state index is 0.0204. The molecule has 0 atom stereocenters. The summed E-state index contributed by atoms with van der Waals surface area (Å²) in [5.41, 5.74) is 5.33. The third kappa shape index (κ3) is 3.36. The second-order valence-corrected chi connectivity index (χ2v) is 6.30. The molecule has 0 saturated heterocycles. The zero-order valence-corrected chi connectivity index (χ0v) is 13.9. The maximum atomic E-state index is 13.2. The van der Waals surface area contributed by atoms with Crippen LogP contribution in [0.15, 0.2) is 54.6 Å². The van der Waals surface area contributed by atoms with E-state index < -0.39 is 22.9 Å². The number of aromatic nitrogens is 1. The fourth-order valence-corrected chi connectivity index (χ4v) is 3.37. The Morgan fingerprint density at radius 1 is 0.962 bits per heavy atom. The maximum Gasteiger partial charge on any atom is 0.443 e. The number of carbonyl (C=O) groups is 2. The SMILES string of the molecule is NC(=O)c1ccccc1-c1sc(C(F)(F)F)nc1C(=O)c1ccccc1. The summed E-state index contributed by atoms with van der Waals surface area (Å²) >= 11 is 0.309. The summed E-state index contributed by atoms with van der Waals surface area (Å²) in [7, 11) is 0. The van der Waals surface area contributed by atoms with Gasteiger partial charge in [-0.1, -0.05) is 48.5 Å². The van der Waals surface area contributed by atoms with Crippen LogP contribution in [0.25, 0.3) is 10.4 Å². The van der Waals surface area contributed by atoms with Gasteiger partial charge >= 0.3 is 6.18 Å². The van der Waals surface area contributed by atoms with Gasteiger partial charge in [0.15, 0.2) is 5.01 Å². The molecule has 8 heteroatoms. The van der Waals surface area contributed by atoms with E-state index >= 15 is 0 Å². The minimum atomic E-state index is -4.71. The first kappa shape index (κ1) is 17.8. The van der Waals surface area contributed by atoms with Gasteiger partial charge in [-0.25, -0.2) is 4.98 Å². The first-order chi connectivity index (χ1) is 12.3. The van der Waals surface area contributed by atoms with Crippen LogP contribution in [0.4, 0.5) is 13.2 Å². The van der Waals surface area contributed by atoms with Gasteiger partial charge in [-0.2, -0.15) is 13.2 Å². The van der Waals surface area contributed by atoms with Gasteiger partial charge in [-0.3, -0.25) is 9.59 Å². The molecule has 2 aromatic carbocycles. The Balaban J connectivity index is 2.24. The monoisotopic (exact) mass is 376 g/mol. The molecule has 2 N–H and O–H groups in total. The van der Waals surface area contributed by atoms with Crippen molar-refractivity contribution in [3.63, 3.8) is 0 Å². The number of rotatable bonds is 4. The van der Waals surface area contributed by atoms with E-state index in [1.165, 1.54) is 30.3 Å². The Morgan fingerprint density at radius 2 is 1.58 bits per heavy atom. The van der Waals surface area contributed by atoms with Crippen molar-refractivity contribution < 1.29 is 22.8 Å². The predicted octanol–water partition coefficient (Wildman–Crippen LogP) is 4.16.